The Kier molecular flexibility index (Phi) is 3.04. The van der Waals surface area contributed by atoms with Gasteiger partial charge in [0.2, 0.25) is 5.69 Å². The van der Waals surface area contributed by atoms with E-state index in [1.807, 2.05) is 0 Å². The highest BCUT2D eigenvalue weighted by Gasteiger charge is 2.15. The van der Waals surface area contributed by atoms with E-state index in [2.05, 4.69) is 79.4 Å². The molecule has 0 fully saturated rings. The normalized spacial score (nSPS) is 13.2. The third kappa shape index (κ3) is 2.24. The molecule has 1 heteroatoms. The first kappa shape index (κ1) is 11.9. The van der Waals surface area contributed by atoms with Crippen molar-refractivity contribution in [1.29, 1.82) is 0 Å². The van der Waals surface area contributed by atoms with E-state index in [4.69, 9.17) is 0 Å². The minimum atomic E-state index is 1.01. The number of benzene rings is 1. The van der Waals surface area contributed by atoms with Gasteiger partial charge in [-0.1, -0.05) is 42.5 Å². The van der Waals surface area contributed by atoms with Crippen LogP contribution in [0.25, 0.3) is 23.4 Å². The summed E-state index contributed by atoms with van der Waals surface area (Å²) < 4.78 is 2.21. The lowest BCUT2D eigenvalue weighted by molar-refractivity contribution is -0.660. The Hall–Kier alpha value is -2.15. The van der Waals surface area contributed by atoms with Crippen LogP contribution >= 0.6 is 0 Å². The maximum atomic E-state index is 2.28. The predicted molar refractivity (Wildman–Crippen MR) is 80.5 cm³/mol. The first-order valence-corrected chi connectivity index (χ1v) is 6.68. The molecule has 1 aliphatic rings. The first-order valence-electron chi connectivity index (χ1n) is 6.68. The molecule has 0 unspecified atom stereocenters. The molecule has 3 rings (SSSR count). The van der Waals surface area contributed by atoms with Gasteiger partial charge < -0.3 is 0 Å². The molecular weight excluding hydrogens is 230 g/mol. The van der Waals surface area contributed by atoms with E-state index >= 15 is 0 Å². The molecule has 94 valence electrons. The summed E-state index contributed by atoms with van der Waals surface area (Å²) in [4.78, 5) is 0. The van der Waals surface area contributed by atoms with Crippen LogP contribution in [-0.4, -0.2) is 0 Å². The molecule has 2 aromatic rings. The maximum Gasteiger partial charge on any atom is 0.213 e. The van der Waals surface area contributed by atoms with Crippen LogP contribution in [0, 0.1) is 6.92 Å². The summed E-state index contributed by atoms with van der Waals surface area (Å²) in [5, 5.41) is 0. The molecule has 1 aromatic heterocycles. The van der Waals surface area contributed by atoms with Crippen molar-refractivity contribution in [3.05, 3.63) is 65.4 Å². The molecule has 0 N–H and O–H groups in total. The standard InChI is InChI=1S/C18H18N/c1-14-8-6-7-11-17(14)18-12-15-9-4-3-5-10-16(15)13-19(18)2/h4-13H,3H2,1-2H3/q+1. The second-order valence-electron chi connectivity index (χ2n) is 5.04. The largest absolute Gasteiger partial charge is 0.213 e. The summed E-state index contributed by atoms with van der Waals surface area (Å²) in [6.45, 7) is 2.16. The SMILES string of the molecule is Cc1ccccc1-c1cc2c(c[n+]1C)C=CCC=C2. The average molecular weight is 248 g/mol. The van der Waals surface area contributed by atoms with E-state index in [1.54, 1.807) is 0 Å². The van der Waals surface area contributed by atoms with Crippen LogP contribution in [0.1, 0.15) is 23.1 Å². The number of hydrogen-bond acceptors (Lipinski definition) is 0. The topological polar surface area (TPSA) is 3.88 Å². The van der Waals surface area contributed by atoms with Crippen LogP contribution in [0.15, 0.2) is 48.7 Å². The zero-order chi connectivity index (χ0) is 13.2. The Balaban J connectivity index is 2.21. The molecular formula is C18H18N+. The molecule has 1 heterocycles. The van der Waals surface area contributed by atoms with Gasteiger partial charge in [-0.3, -0.25) is 0 Å². The first-order chi connectivity index (χ1) is 9.25. The molecule has 0 bridgehead atoms. The minimum absolute atomic E-state index is 1.01. The third-order valence-electron chi connectivity index (χ3n) is 3.63. The number of allylic oxidation sites excluding steroid dienone is 2. The summed E-state index contributed by atoms with van der Waals surface area (Å²) in [5.41, 5.74) is 6.45. The summed E-state index contributed by atoms with van der Waals surface area (Å²) >= 11 is 0. The van der Waals surface area contributed by atoms with Gasteiger partial charge in [-0.15, -0.1) is 0 Å². The van der Waals surface area contributed by atoms with Crippen LogP contribution in [0.2, 0.25) is 0 Å². The van der Waals surface area contributed by atoms with E-state index in [0.29, 0.717) is 0 Å². The highest BCUT2D eigenvalue weighted by atomic mass is 14.9. The lowest BCUT2D eigenvalue weighted by Crippen LogP contribution is -2.31. The van der Waals surface area contributed by atoms with Crippen molar-refractivity contribution < 1.29 is 4.57 Å². The van der Waals surface area contributed by atoms with Gasteiger partial charge in [-0.2, -0.15) is 0 Å². The van der Waals surface area contributed by atoms with Crippen molar-refractivity contribution in [1.82, 2.24) is 0 Å². The number of nitrogens with zero attached hydrogens (tertiary/aromatic N) is 1. The molecule has 0 saturated heterocycles. The van der Waals surface area contributed by atoms with Crippen molar-refractivity contribution in [3.63, 3.8) is 0 Å². The number of fused-ring (bicyclic) bond motifs is 1. The second kappa shape index (κ2) is 4.85. The molecule has 0 radical (unpaired) electrons. The summed E-state index contributed by atoms with van der Waals surface area (Å²) in [6.07, 6.45) is 12.1. The second-order valence-corrected chi connectivity index (χ2v) is 5.04. The smallest absolute Gasteiger partial charge is 0.200 e. The Bertz CT molecular complexity index is 678. The van der Waals surface area contributed by atoms with E-state index in [1.165, 1.54) is 27.9 Å². The Labute approximate surface area is 114 Å². The minimum Gasteiger partial charge on any atom is -0.200 e. The highest BCUT2D eigenvalue weighted by Crippen LogP contribution is 2.24. The maximum absolute atomic E-state index is 2.28. The average Bonchev–Trinajstić information content (AvgIpc) is 2.63. The molecule has 19 heavy (non-hydrogen) atoms. The Morgan fingerprint density at radius 3 is 2.53 bits per heavy atom. The lowest BCUT2D eigenvalue weighted by Gasteiger charge is -2.07. The van der Waals surface area contributed by atoms with Crippen molar-refractivity contribution in [3.8, 4) is 11.3 Å². The lowest BCUT2D eigenvalue weighted by atomic mass is 10.0. The van der Waals surface area contributed by atoms with Gasteiger partial charge in [-0.25, -0.2) is 4.57 Å². The van der Waals surface area contributed by atoms with Crippen LogP contribution in [0.3, 0.4) is 0 Å². The van der Waals surface area contributed by atoms with Gasteiger partial charge in [0, 0.05) is 17.2 Å². The van der Waals surface area contributed by atoms with Gasteiger partial charge in [0.15, 0.2) is 6.20 Å². The third-order valence-corrected chi connectivity index (χ3v) is 3.63. The Morgan fingerprint density at radius 1 is 1.00 bits per heavy atom. The van der Waals surface area contributed by atoms with E-state index < -0.39 is 0 Å². The van der Waals surface area contributed by atoms with Gasteiger partial charge >= 0.3 is 0 Å². The number of aromatic nitrogens is 1. The van der Waals surface area contributed by atoms with Crippen molar-refractivity contribution in [2.75, 3.05) is 0 Å². The number of hydrogen-bond donors (Lipinski definition) is 0. The fourth-order valence-electron chi connectivity index (χ4n) is 2.57. The zero-order valence-electron chi connectivity index (χ0n) is 11.4. The van der Waals surface area contributed by atoms with Crippen LogP contribution in [0.4, 0.5) is 0 Å². The highest BCUT2D eigenvalue weighted by molar-refractivity contribution is 5.71. The number of pyridine rings is 1. The molecule has 1 nitrogen and oxygen atoms in total. The van der Waals surface area contributed by atoms with Crippen molar-refractivity contribution >= 4 is 12.2 Å². The van der Waals surface area contributed by atoms with Crippen molar-refractivity contribution in [2.45, 2.75) is 13.3 Å². The summed E-state index contributed by atoms with van der Waals surface area (Å²) in [7, 11) is 2.12. The zero-order valence-corrected chi connectivity index (χ0v) is 11.4. The number of aryl methyl sites for hydroxylation is 2. The molecule has 0 spiro atoms. The van der Waals surface area contributed by atoms with Gasteiger partial charge in [0.25, 0.3) is 0 Å². The molecule has 0 saturated carbocycles. The summed E-state index contributed by atoms with van der Waals surface area (Å²) in [5.74, 6) is 0. The summed E-state index contributed by atoms with van der Waals surface area (Å²) in [6, 6.07) is 10.8. The monoisotopic (exact) mass is 248 g/mol. The molecule has 0 atom stereocenters. The van der Waals surface area contributed by atoms with Gasteiger partial charge in [0.1, 0.15) is 7.05 Å². The predicted octanol–water partition coefficient (Wildman–Crippen LogP) is 3.92. The molecule has 0 amide bonds. The fraction of sp³-hybridized carbons (Fsp3) is 0.167. The van der Waals surface area contributed by atoms with Gasteiger partial charge in [0.05, 0.1) is 0 Å². The van der Waals surface area contributed by atoms with Crippen LogP contribution in [-0.2, 0) is 7.05 Å². The molecule has 1 aromatic carbocycles. The van der Waals surface area contributed by atoms with Crippen molar-refractivity contribution in [2.24, 2.45) is 7.05 Å². The van der Waals surface area contributed by atoms with E-state index in [-0.39, 0.29) is 0 Å². The van der Waals surface area contributed by atoms with E-state index in [0.717, 1.165) is 6.42 Å². The molecule has 1 aliphatic carbocycles. The molecule has 0 aliphatic heterocycles. The Morgan fingerprint density at radius 2 is 1.74 bits per heavy atom. The van der Waals surface area contributed by atoms with Crippen LogP contribution in [0.5, 0.6) is 0 Å². The quantitative estimate of drug-likeness (QED) is 0.673. The van der Waals surface area contributed by atoms with E-state index in [9.17, 15) is 0 Å². The number of rotatable bonds is 1. The van der Waals surface area contributed by atoms with Crippen LogP contribution < -0.4 is 4.57 Å². The van der Waals surface area contributed by atoms with Gasteiger partial charge in [-0.05, 0) is 30.5 Å². The fourth-order valence-corrected chi connectivity index (χ4v) is 2.57.